The second-order valence-corrected chi connectivity index (χ2v) is 5.72. The van der Waals surface area contributed by atoms with Crippen LogP contribution >= 0.6 is 0 Å². The number of rotatable bonds is 2. The Bertz CT molecular complexity index is 557. The molecule has 19 heavy (non-hydrogen) atoms. The molecule has 4 atom stereocenters. The zero-order valence-electron chi connectivity index (χ0n) is 10.6. The second kappa shape index (κ2) is 3.61. The Kier molecular flexibility index (Phi) is 2.10. The van der Waals surface area contributed by atoms with Gasteiger partial charge in [-0.1, -0.05) is 30.4 Å². The Labute approximate surface area is 111 Å². The average molecular weight is 256 g/mol. The molecule has 2 saturated heterocycles. The lowest BCUT2D eigenvalue weighted by Crippen LogP contribution is -2.39. The van der Waals surface area contributed by atoms with Crippen molar-refractivity contribution in [2.45, 2.75) is 11.6 Å². The molecule has 1 aromatic carbocycles. The largest absolute Gasteiger partial charge is 0.480 e. The first-order chi connectivity index (χ1) is 9.21. The van der Waals surface area contributed by atoms with Crippen molar-refractivity contribution in [3.8, 4) is 0 Å². The lowest BCUT2D eigenvalue weighted by atomic mass is 9.92. The number of hydrogen-bond acceptors (Lipinski definition) is 3. The van der Waals surface area contributed by atoms with Crippen molar-refractivity contribution >= 4 is 11.7 Å². The molecule has 0 bridgehead atoms. The summed E-state index contributed by atoms with van der Waals surface area (Å²) in [6.07, 6.45) is 3.97. The van der Waals surface area contributed by atoms with Crippen LogP contribution in [0.3, 0.4) is 0 Å². The summed E-state index contributed by atoms with van der Waals surface area (Å²) in [5, 5.41) is 9.23. The first-order valence-electron chi connectivity index (χ1n) is 6.69. The molecule has 3 heterocycles. The van der Waals surface area contributed by atoms with Crippen LogP contribution in [0.5, 0.6) is 0 Å². The maximum absolute atomic E-state index is 11.2. The number of hydrogen-bond donors (Lipinski definition) is 1. The first kappa shape index (κ1) is 11.1. The predicted octanol–water partition coefficient (Wildman–Crippen LogP) is 1.20. The molecule has 0 amide bonds. The third kappa shape index (κ3) is 1.46. The van der Waals surface area contributed by atoms with Gasteiger partial charge in [0.2, 0.25) is 0 Å². The van der Waals surface area contributed by atoms with Crippen molar-refractivity contribution in [3.05, 3.63) is 42.5 Å². The lowest BCUT2D eigenvalue weighted by molar-refractivity contribution is -0.140. The van der Waals surface area contributed by atoms with Crippen molar-refractivity contribution in [3.63, 3.8) is 0 Å². The van der Waals surface area contributed by atoms with Gasteiger partial charge in [-0.3, -0.25) is 9.69 Å². The van der Waals surface area contributed by atoms with E-state index in [1.54, 1.807) is 0 Å². The Balaban J connectivity index is 1.61. The third-order valence-electron chi connectivity index (χ3n) is 4.72. The molecular weight excluding hydrogens is 240 g/mol. The van der Waals surface area contributed by atoms with Crippen molar-refractivity contribution in [1.29, 1.82) is 0 Å². The molecule has 0 aromatic heterocycles. The Morgan fingerprint density at radius 2 is 2.00 bits per heavy atom. The van der Waals surface area contributed by atoms with Crippen LogP contribution in [0.15, 0.2) is 42.5 Å². The van der Waals surface area contributed by atoms with Gasteiger partial charge in [-0.2, -0.15) is 0 Å². The lowest BCUT2D eigenvalue weighted by Gasteiger charge is -2.23. The second-order valence-electron chi connectivity index (χ2n) is 5.72. The fraction of sp³-hybridized carbons (Fsp3) is 0.400. The number of carbonyl (C=O) groups is 1. The van der Waals surface area contributed by atoms with Crippen LogP contribution in [0.4, 0.5) is 5.69 Å². The van der Waals surface area contributed by atoms with E-state index in [-0.39, 0.29) is 5.54 Å². The van der Waals surface area contributed by atoms with Crippen LogP contribution in [0.1, 0.15) is 0 Å². The maximum Gasteiger partial charge on any atom is 0.324 e. The summed E-state index contributed by atoms with van der Waals surface area (Å²) in [6.45, 7) is 2.84. The molecule has 98 valence electrons. The molecule has 1 unspecified atom stereocenters. The number of anilines is 1. The quantitative estimate of drug-likeness (QED) is 0.638. The highest BCUT2D eigenvalue weighted by Crippen LogP contribution is 2.50. The van der Waals surface area contributed by atoms with Crippen LogP contribution in [0.2, 0.25) is 0 Å². The van der Waals surface area contributed by atoms with E-state index in [9.17, 15) is 9.90 Å². The number of benzene rings is 1. The fourth-order valence-electron chi connectivity index (χ4n) is 3.66. The molecular formula is C15H16N2O2. The summed E-state index contributed by atoms with van der Waals surface area (Å²) >= 11 is 0. The maximum atomic E-state index is 11.2. The summed E-state index contributed by atoms with van der Waals surface area (Å²) in [7, 11) is 0. The normalized spacial score (nSPS) is 38.7. The minimum atomic E-state index is -0.732. The van der Waals surface area contributed by atoms with Crippen LogP contribution < -0.4 is 4.90 Å². The molecule has 2 fully saturated rings. The van der Waals surface area contributed by atoms with E-state index in [2.05, 4.69) is 40.1 Å². The molecule has 4 nitrogen and oxygen atoms in total. The van der Waals surface area contributed by atoms with Crippen molar-refractivity contribution in [2.75, 3.05) is 24.5 Å². The highest BCUT2D eigenvalue weighted by atomic mass is 16.4. The monoisotopic (exact) mass is 256 g/mol. The molecule has 0 saturated carbocycles. The molecule has 1 spiro atoms. The molecule has 4 rings (SSSR count). The summed E-state index contributed by atoms with van der Waals surface area (Å²) in [6, 6.07) is 9.95. The van der Waals surface area contributed by atoms with E-state index in [0.717, 1.165) is 19.6 Å². The van der Waals surface area contributed by atoms with Crippen molar-refractivity contribution < 1.29 is 9.90 Å². The predicted molar refractivity (Wildman–Crippen MR) is 72.1 cm³/mol. The molecule has 1 N–H and O–H groups in total. The SMILES string of the molecule is O=C(O)[C@@H]1C=C[C@@H]2CN(c3ccccc3)C[C@]23CN13. The number of para-hydroxylation sites is 1. The summed E-state index contributed by atoms with van der Waals surface area (Å²) < 4.78 is 0. The molecule has 3 aliphatic heterocycles. The standard InChI is InChI=1S/C15H16N2O2/c18-14(19)13-7-6-11-8-16(9-15(11)10-17(13)15)12-4-2-1-3-5-12/h1-7,11,13H,8-10H2,(H,18,19)/t11-,13+,15+,17?/m1/s1. The number of nitrogens with zero attached hydrogens (tertiary/aromatic N) is 2. The van der Waals surface area contributed by atoms with Gasteiger partial charge in [0, 0.05) is 31.2 Å². The molecule has 4 heteroatoms. The van der Waals surface area contributed by atoms with Crippen LogP contribution in [-0.2, 0) is 4.79 Å². The smallest absolute Gasteiger partial charge is 0.324 e. The Morgan fingerprint density at radius 1 is 1.21 bits per heavy atom. The summed E-state index contributed by atoms with van der Waals surface area (Å²) in [4.78, 5) is 15.7. The number of carboxylic acid groups (broad SMARTS) is 1. The third-order valence-corrected chi connectivity index (χ3v) is 4.72. The average Bonchev–Trinajstić information content (AvgIpc) is 3.02. The molecule has 3 aliphatic rings. The van der Waals surface area contributed by atoms with E-state index < -0.39 is 12.0 Å². The Hall–Kier alpha value is -1.81. The van der Waals surface area contributed by atoms with Gasteiger partial charge in [0.15, 0.2) is 0 Å². The zero-order chi connectivity index (χ0) is 13.0. The van der Waals surface area contributed by atoms with Gasteiger partial charge in [-0.15, -0.1) is 0 Å². The van der Waals surface area contributed by atoms with Gasteiger partial charge < -0.3 is 10.0 Å². The van der Waals surface area contributed by atoms with Gasteiger partial charge in [0.1, 0.15) is 6.04 Å². The minimum Gasteiger partial charge on any atom is -0.480 e. The molecule has 0 aliphatic carbocycles. The van der Waals surface area contributed by atoms with Gasteiger partial charge >= 0.3 is 5.97 Å². The van der Waals surface area contributed by atoms with Crippen molar-refractivity contribution in [2.24, 2.45) is 5.92 Å². The summed E-state index contributed by atoms with van der Waals surface area (Å²) in [5.74, 6) is -0.270. The van der Waals surface area contributed by atoms with Gasteiger partial charge in [0.05, 0.1) is 5.54 Å². The Morgan fingerprint density at radius 3 is 2.74 bits per heavy atom. The van der Waals surface area contributed by atoms with Gasteiger partial charge in [-0.25, -0.2) is 0 Å². The van der Waals surface area contributed by atoms with Gasteiger partial charge in [0.25, 0.3) is 0 Å². The van der Waals surface area contributed by atoms with E-state index in [1.165, 1.54) is 5.69 Å². The molecule has 1 aromatic rings. The summed E-state index contributed by atoms with van der Waals surface area (Å²) in [5.41, 5.74) is 1.31. The minimum absolute atomic E-state index is 0.0770. The highest BCUT2D eigenvalue weighted by Gasteiger charge is 2.65. The van der Waals surface area contributed by atoms with Crippen LogP contribution in [0.25, 0.3) is 0 Å². The van der Waals surface area contributed by atoms with E-state index in [4.69, 9.17) is 0 Å². The van der Waals surface area contributed by atoms with Crippen molar-refractivity contribution in [1.82, 2.24) is 4.90 Å². The fourth-order valence-corrected chi connectivity index (χ4v) is 3.66. The van der Waals surface area contributed by atoms with E-state index in [1.807, 2.05) is 12.1 Å². The number of carboxylic acids is 1. The number of aliphatic carboxylic acids is 1. The van der Waals surface area contributed by atoms with Crippen LogP contribution in [-0.4, -0.2) is 47.2 Å². The zero-order valence-corrected chi connectivity index (χ0v) is 10.6. The van der Waals surface area contributed by atoms with Crippen LogP contribution in [0, 0.1) is 5.92 Å². The van der Waals surface area contributed by atoms with E-state index in [0.29, 0.717) is 5.92 Å². The topological polar surface area (TPSA) is 43.5 Å². The first-order valence-corrected chi connectivity index (χ1v) is 6.69. The van der Waals surface area contributed by atoms with Gasteiger partial charge in [-0.05, 0) is 12.1 Å². The molecule has 0 radical (unpaired) electrons. The highest BCUT2D eigenvalue weighted by molar-refractivity contribution is 5.77. The van der Waals surface area contributed by atoms with E-state index >= 15 is 0 Å².